The minimum Gasteiger partial charge on any atom is -0.378 e. The molecule has 4 rings (SSSR count). The lowest BCUT2D eigenvalue weighted by Gasteiger charge is -2.54. The molecule has 172 valence electrons. The third-order valence-electron chi connectivity index (χ3n) is 8.42. The molecule has 3 atom stereocenters. The number of hydrogen-bond acceptors (Lipinski definition) is 2. The maximum absolute atomic E-state index is 12.3. The second-order valence-electron chi connectivity index (χ2n) is 10.9. The monoisotopic (exact) mass is 435 g/mol. The van der Waals surface area contributed by atoms with Crippen LogP contribution in [0.15, 0.2) is 30.9 Å². The van der Waals surface area contributed by atoms with Gasteiger partial charge in [0.25, 0.3) is 0 Å². The summed E-state index contributed by atoms with van der Waals surface area (Å²) in [6, 6.07) is 5.05. The first-order valence-corrected chi connectivity index (χ1v) is 12.2. The van der Waals surface area contributed by atoms with Gasteiger partial charge >= 0.3 is 0 Å². The van der Waals surface area contributed by atoms with Gasteiger partial charge < -0.3 is 4.74 Å². The molecule has 0 amide bonds. The first-order chi connectivity index (χ1) is 15.1. The molecule has 1 aromatic heterocycles. The predicted octanol–water partition coefficient (Wildman–Crippen LogP) is 5.61. The van der Waals surface area contributed by atoms with Crippen LogP contribution < -0.4 is 4.57 Å². The van der Waals surface area contributed by atoms with Crippen LogP contribution in [0, 0.1) is 5.92 Å². The minimum atomic E-state index is -0.0892. The van der Waals surface area contributed by atoms with E-state index >= 15 is 0 Å². The van der Waals surface area contributed by atoms with Crippen LogP contribution in [0.1, 0.15) is 101 Å². The third kappa shape index (κ3) is 3.58. The molecule has 0 radical (unpaired) electrons. The molecule has 0 saturated heterocycles. The summed E-state index contributed by atoms with van der Waals surface area (Å²) in [6.45, 7) is 13.4. The SMILES string of the molecule is CO[C@]1(C)CCC[C@]2(C)c3cc(C(=C=O)n4cc[n+](C(C)C)c4)c(C(C)C)cc3CCC12. The molecule has 4 nitrogen and oxygen atoms in total. The van der Waals surface area contributed by atoms with E-state index < -0.39 is 0 Å². The number of nitrogens with zero attached hydrogens (tertiary/aromatic N) is 2. The average Bonchev–Trinajstić information content (AvgIpc) is 3.24. The van der Waals surface area contributed by atoms with E-state index in [1.54, 1.807) is 0 Å². The molecular formula is C28H39N2O2+. The summed E-state index contributed by atoms with van der Waals surface area (Å²) in [7, 11) is 1.87. The van der Waals surface area contributed by atoms with Crippen molar-refractivity contribution in [3.05, 3.63) is 53.1 Å². The van der Waals surface area contributed by atoms with Gasteiger partial charge in [-0.15, -0.1) is 0 Å². The molecule has 0 bridgehead atoms. The third-order valence-corrected chi connectivity index (χ3v) is 8.42. The van der Waals surface area contributed by atoms with Crippen LogP contribution in [0.4, 0.5) is 0 Å². The molecule has 2 aromatic rings. The Hall–Kier alpha value is -2.16. The van der Waals surface area contributed by atoms with Crippen molar-refractivity contribution in [3.8, 4) is 0 Å². The average molecular weight is 436 g/mol. The number of methoxy groups -OCH3 is 1. The van der Waals surface area contributed by atoms with E-state index in [1.807, 2.05) is 30.4 Å². The first-order valence-electron chi connectivity index (χ1n) is 12.2. The molecule has 4 heteroatoms. The Labute approximate surface area is 193 Å². The van der Waals surface area contributed by atoms with Crippen molar-refractivity contribution >= 4 is 11.6 Å². The van der Waals surface area contributed by atoms with Crippen molar-refractivity contribution < 1.29 is 14.1 Å². The predicted molar refractivity (Wildman–Crippen MR) is 128 cm³/mol. The number of carbonyl (C=O) groups excluding carboxylic acids is 1. The normalized spacial score (nSPS) is 27.2. The van der Waals surface area contributed by atoms with Gasteiger partial charge in [0.1, 0.15) is 12.4 Å². The zero-order chi connectivity index (χ0) is 23.3. The second kappa shape index (κ2) is 8.32. The van der Waals surface area contributed by atoms with Crippen molar-refractivity contribution in [3.63, 3.8) is 0 Å². The molecule has 1 heterocycles. The summed E-state index contributed by atoms with van der Waals surface area (Å²) in [6.07, 6.45) is 11.7. The molecule has 0 spiro atoms. The fraction of sp³-hybridized carbons (Fsp3) is 0.607. The van der Waals surface area contributed by atoms with Crippen molar-refractivity contribution in [1.29, 1.82) is 0 Å². The number of ether oxygens (including phenoxy) is 1. The van der Waals surface area contributed by atoms with E-state index in [0.29, 0.717) is 23.6 Å². The molecule has 32 heavy (non-hydrogen) atoms. The Morgan fingerprint density at radius 2 is 1.97 bits per heavy atom. The number of benzene rings is 1. The van der Waals surface area contributed by atoms with Gasteiger partial charge in [-0.1, -0.05) is 26.8 Å². The summed E-state index contributed by atoms with van der Waals surface area (Å²) in [4.78, 5) is 12.3. The Morgan fingerprint density at radius 3 is 2.56 bits per heavy atom. The lowest BCUT2D eigenvalue weighted by Crippen LogP contribution is -2.53. The van der Waals surface area contributed by atoms with Gasteiger partial charge in [-0.3, -0.25) is 0 Å². The largest absolute Gasteiger partial charge is 0.378 e. The molecule has 1 saturated carbocycles. The summed E-state index contributed by atoms with van der Waals surface area (Å²) >= 11 is 0. The maximum Gasteiger partial charge on any atom is 0.249 e. The van der Waals surface area contributed by atoms with E-state index in [4.69, 9.17) is 4.74 Å². The van der Waals surface area contributed by atoms with Crippen LogP contribution in [0.3, 0.4) is 0 Å². The van der Waals surface area contributed by atoms with E-state index in [-0.39, 0.29) is 11.0 Å². The van der Waals surface area contributed by atoms with Crippen LogP contribution in [-0.4, -0.2) is 23.2 Å². The van der Waals surface area contributed by atoms with Gasteiger partial charge in [-0.05, 0) is 92.9 Å². The van der Waals surface area contributed by atoms with E-state index in [0.717, 1.165) is 24.8 Å². The Bertz CT molecular complexity index is 1060. The first kappa shape index (κ1) is 23.0. The Kier molecular flexibility index (Phi) is 5.98. The highest BCUT2D eigenvalue weighted by atomic mass is 16.5. The van der Waals surface area contributed by atoms with Crippen LogP contribution in [0.5, 0.6) is 0 Å². The summed E-state index contributed by atoms with van der Waals surface area (Å²) in [5.74, 6) is 3.10. The molecule has 1 unspecified atom stereocenters. The summed E-state index contributed by atoms with van der Waals surface area (Å²) < 4.78 is 10.2. The number of hydrogen-bond donors (Lipinski definition) is 0. The minimum absolute atomic E-state index is 0.0589. The standard InChI is InChI=1S/C28H39N2O2/c1-19(2)22-15-21-9-10-26-27(5,11-8-12-28(26,6)32-7)24(21)16-23(22)25(17-31)30-14-13-29(18-30)20(3)4/h13-16,18-20,26H,8-12H2,1-7H3/q+1/t26?,27-,28-/m1/s1. The number of aromatic nitrogens is 2. The molecule has 0 N–H and O–H groups in total. The zero-order valence-electron chi connectivity index (χ0n) is 20.9. The van der Waals surface area contributed by atoms with Crippen molar-refractivity contribution in [1.82, 2.24) is 4.57 Å². The molecule has 2 aliphatic carbocycles. The zero-order valence-corrected chi connectivity index (χ0v) is 20.9. The topological polar surface area (TPSA) is 35.1 Å². The summed E-state index contributed by atoms with van der Waals surface area (Å²) in [5.41, 5.74) is 5.69. The highest BCUT2D eigenvalue weighted by Crippen LogP contribution is 2.55. The fourth-order valence-electron chi connectivity index (χ4n) is 6.46. The fourth-order valence-corrected chi connectivity index (χ4v) is 6.46. The molecule has 1 fully saturated rings. The van der Waals surface area contributed by atoms with Gasteiger partial charge in [-0.2, -0.15) is 4.57 Å². The summed E-state index contributed by atoms with van der Waals surface area (Å²) in [5, 5.41) is 0. The quantitative estimate of drug-likeness (QED) is 0.452. The Balaban J connectivity index is 1.89. The van der Waals surface area contributed by atoms with Gasteiger partial charge in [0, 0.05) is 12.7 Å². The van der Waals surface area contributed by atoms with Gasteiger partial charge in [0.05, 0.1) is 11.6 Å². The van der Waals surface area contributed by atoms with Crippen LogP contribution in [0.2, 0.25) is 0 Å². The van der Waals surface area contributed by atoms with E-state index in [9.17, 15) is 4.79 Å². The van der Waals surface area contributed by atoms with Crippen LogP contribution >= 0.6 is 0 Å². The van der Waals surface area contributed by atoms with Crippen LogP contribution in [-0.2, 0) is 21.4 Å². The molecular weight excluding hydrogens is 396 g/mol. The number of imidazole rings is 1. The number of aryl methyl sites for hydroxylation is 1. The van der Waals surface area contributed by atoms with E-state index in [2.05, 4.69) is 64.2 Å². The van der Waals surface area contributed by atoms with E-state index in [1.165, 1.54) is 29.5 Å². The van der Waals surface area contributed by atoms with Gasteiger partial charge in [0.15, 0.2) is 5.94 Å². The van der Waals surface area contributed by atoms with Gasteiger partial charge in [0.2, 0.25) is 12.0 Å². The van der Waals surface area contributed by atoms with Crippen molar-refractivity contribution in [2.45, 2.75) is 96.6 Å². The lowest BCUT2D eigenvalue weighted by molar-refractivity contribution is -0.715. The molecule has 1 aromatic carbocycles. The van der Waals surface area contributed by atoms with Crippen molar-refractivity contribution in [2.75, 3.05) is 7.11 Å². The van der Waals surface area contributed by atoms with Crippen LogP contribution in [0.25, 0.3) is 5.70 Å². The molecule has 2 aliphatic rings. The van der Waals surface area contributed by atoms with Gasteiger partial charge in [-0.25, -0.2) is 9.36 Å². The molecule has 0 aliphatic heterocycles. The van der Waals surface area contributed by atoms with Crippen molar-refractivity contribution in [2.24, 2.45) is 5.92 Å². The Morgan fingerprint density at radius 1 is 1.22 bits per heavy atom. The smallest absolute Gasteiger partial charge is 0.249 e. The number of rotatable bonds is 5. The maximum atomic E-state index is 12.3. The number of fused-ring (bicyclic) bond motifs is 3. The highest BCUT2D eigenvalue weighted by Gasteiger charge is 2.52. The second-order valence-corrected chi connectivity index (χ2v) is 10.9. The lowest BCUT2D eigenvalue weighted by atomic mass is 9.53. The highest BCUT2D eigenvalue weighted by molar-refractivity contribution is 5.89.